The number of fused-ring (bicyclic) bond motifs is 1. The van der Waals surface area contributed by atoms with Gasteiger partial charge in [0.05, 0.1) is 33.4 Å². The zero-order valence-electron chi connectivity index (χ0n) is 18.4. The summed E-state index contributed by atoms with van der Waals surface area (Å²) in [7, 11) is 3.79. The molecule has 0 aromatic heterocycles. The molecule has 1 atom stereocenters. The number of carbonyl (C=O) groups is 4. The Morgan fingerprint density at radius 3 is 2.33 bits per heavy atom. The molecule has 33 heavy (non-hydrogen) atoms. The maximum absolute atomic E-state index is 13.3. The Hall–Kier alpha value is -4.08. The number of carboxylic acids is 1. The number of aromatic carboxylic acids is 1. The first-order valence-electron chi connectivity index (χ1n) is 10.00. The van der Waals surface area contributed by atoms with Gasteiger partial charge in [-0.1, -0.05) is 18.2 Å². The summed E-state index contributed by atoms with van der Waals surface area (Å²) in [6.07, 6.45) is -0.396. The molecule has 0 saturated carbocycles. The van der Waals surface area contributed by atoms with E-state index in [4.69, 9.17) is 14.2 Å². The number of esters is 1. The zero-order valence-corrected chi connectivity index (χ0v) is 18.4. The number of alkyl carbamates (subject to hydrolysis) is 1. The number of carbonyl (C=O) groups excluding carboxylic acids is 3. The van der Waals surface area contributed by atoms with E-state index in [1.807, 2.05) is 6.07 Å². The van der Waals surface area contributed by atoms with Crippen LogP contribution in [0.15, 0.2) is 42.5 Å². The molecule has 10 nitrogen and oxygen atoms in total. The Kier molecular flexibility index (Phi) is 6.86. The Labute approximate surface area is 190 Å². The Morgan fingerprint density at radius 1 is 1.06 bits per heavy atom. The lowest BCUT2D eigenvalue weighted by Crippen LogP contribution is -2.60. The summed E-state index contributed by atoms with van der Waals surface area (Å²) in [5, 5.41) is 11.7. The van der Waals surface area contributed by atoms with Gasteiger partial charge in [0.25, 0.3) is 5.91 Å². The molecule has 1 aliphatic heterocycles. The van der Waals surface area contributed by atoms with E-state index in [2.05, 4.69) is 5.32 Å². The van der Waals surface area contributed by atoms with Crippen LogP contribution in [0, 0.1) is 0 Å². The Bertz CT molecular complexity index is 1080. The number of benzene rings is 2. The second-order valence-electron chi connectivity index (χ2n) is 7.40. The normalized spacial score (nSPS) is 14.5. The summed E-state index contributed by atoms with van der Waals surface area (Å²) in [6, 6.07) is 10.6. The average molecular weight is 456 g/mol. The van der Waals surface area contributed by atoms with E-state index in [1.165, 1.54) is 36.3 Å². The van der Waals surface area contributed by atoms with Crippen molar-refractivity contribution in [3.8, 4) is 5.75 Å². The van der Waals surface area contributed by atoms with E-state index in [9.17, 15) is 24.3 Å². The summed E-state index contributed by atoms with van der Waals surface area (Å²) in [6.45, 7) is 0.0175. The van der Waals surface area contributed by atoms with Crippen LogP contribution < -0.4 is 10.1 Å². The van der Waals surface area contributed by atoms with Gasteiger partial charge in [-0.05, 0) is 41.8 Å². The van der Waals surface area contributed by atoms with E-state index in [-0.39, 0.29) is 30.1 Å². The smallest absolute Gasteiger partial charge is 0.408 e. The molecule has 1 heterocycles. The summed E-state index contributed by atoms with van der Waals surface area (Å²) in [5.74, 6) is -1.83. The third kappa shape index (κ3) is 4.59. The molecule has 10 heteroatoms. The van der Waals surface area contributed by atoms with Gasteiger partial charge in [-0.15, -0.1) is 0 Å². The molecule has 0 unspecified atom stereocenters. The number of methoxy groups -OCH3 is 3. The number of nitrogens with one attached hydrogen (secondary N) is 1. The molecule has 0 radical (unpaired) electrons. The minimum Gasteiger partial charge on any atom is -0.497 e. The van der Waals surface area contributed by atoms with Gasteiger partial charge in [0.1, 0.15) is 5.75 Å². The van der Waals surface area contributed by atoms with Gasteiger partial charge < -0.3 is 24.2 Å². The largest absolute Gasteiger partial charge is 0.497 e. The third-order valence-electron chi connectivity index (χ3n) is 5.57. The molecular formula is C23H24N2O8. The Balaban J connectivity index is 2.06. The highest BCUT2D eigenvalue weighted by atomic mass is 16.5. The first kappa shape index (κ1) is 23.6. The first-order valence-corrected chi connectivity index (χ1v) is 10.00. The number of hydrogen-bond acceptors (Lipinski definition) is 7. The Morgan fingerprint density at radius 2 is 1.76 bits per heavy atom. The van der Waals surface area contributed by atoms with Crippen LogP contribution >= 0.6 is 0 Å². The van der Waals surface area contributed by atoms with Crippen LogP contribution in [-0.4, -0.2) is 68.4 Å². The number of carboxylic acid groups (broad SMARTS) is 1. The molecule has 2 amide bonds. The fourth-order valence-corrected chi connectivity index (χ4v) is 3.80. The van der Waals surface area contributed by atoms with Crippen molar-refractivity contribution >= 4 is 23.9 Å². The van der Waals surface area contributed by atoms with Crippen molar-refractivity contribution in [1.82, 2.24) is 10.2 Å². The van der Waals surface area contributed by atoms with Gasteiger partial charge in [0, 0.05) is 12.1 Å². The molecule has 0 spiro atoms. The number of rotatable bonds is 7. The minimum atomic E-state index is -1.84. The molecule has 174 valence electrons. The highest BCUT2D eigenvalue weighted by molar-refractivity contribution is 5.98. The zero-order chi connectivity index (χ0) is 24.2. The lowest BCUT2D eigenvalue weighted by molar-refractivity contribution is -0.149. The minimum absolute atomic E-state index is 0.00865. The number of hydrogen-bond donors (Lipinski definition) is 2. The van der Waals surface area contributed by atoms with Gasteiger partial charge in [-0.3, -0.25) is 10.1 Å². The van der Waals surface area contributed by atoms with Crippen LogP contribution in [0.5, 0.6) is 5.75 Å². The van der Waals surface area contributed by atoms with Gasteiger partial charge >= 0.3 is 18.0 Å². The van der Waals surface area contributed by atoms with Crippen molar-refractivity contribution in [2.24, 2.45) is 0 Å². The first-order chi connectivity index (χ1) is 15.7. The van der Waals surface area contributed by atoms with Crippen molar-refractivity contribution in [3.05, 3.63) is 64.7 Å². The summed E-state index contributed by atoms with van der Waals surface area (Å²) in [4.78, 5) is 51.3. The molecule has 3 rings (SSSR count). The summed E-state index contributed by atoms with van der Waals surface area (Å²) >= 11 is 0. The van der Waals surface area contributed by atoms with E-state index in [0.29, 0.717) is 17.7 Å². The van der Waals surface area contributed by atoms with Crippen LogP contribution in [0.3, 0.4) is 0 Å². The topological polar surface area (TPSA) is 131 Å². The van der Waals surface area contributed by atoms with Gasteiger partial charge in [0.2, 0.25) is 0 Å². The van der Waals surface area contributed by atoms with Crippen LogP contribution in [0.4, 0.5) is 4.79 Å². The fourth-order valence-electron chi connectivity index (χ4n) is 3.80. The summed E-state index contributed by atoms with van der Waals surface area (Å²) in [5.41, 5.74) is -0.351. The number of ether oxygens (including phenoxy) is 3. The molecule has 2 aromatic carbocycles. The van der Waals surface area contributed by atoms with Crippen LogP contribution in [0.2, 0.25) is 0 Å². The highest BCUT2D eigenvalue weighted by Gasteiger charge is 2.46. The second-order valence-corrected chi connectivity index (χ2v) is 7.40. The van der Waals surface area contributed by atoms with E-state index in [1.54, 1.807) is 12.1 Å². The maximum Gasteiger partial charge on any atom is 0.408 e. The highest BCUT2D eigenvalue weighted by Crippen LogP contribution is 2.30. The van der Waals surface area contributed by atoms with E-state index >= 15 is 0 Å². The SMILES string of the molecule is COC(=O)N[C@](CN1CCc2ccc(OC)cc2C1=O)(C(=O)OC)c1ccc(C(=O)O)cc1. The standard InChI is InChI=1S/C23H24N2O8/c1-31-17-9-6-14-10-11-25(19(26)18(14)12-17)13-23(21(29)32-2,24-22(30)33-3)16-7-4-15(5-8-16)20(27)28/h4-9,12H,10-11,13H2,1-3H3,(H,24,30)(H,27,28)/t23-/m0/s1. The lowest BCUT2D eigenvalue weighted by Gasteiger charge is -2.38. The maximum atomic E-state index is 13.3. The molecule has 0 aliphatic carbocycles. The molecule has 0 saturated heterocycles. The monoisotopic (exact) mass is 456 g/mol. The van der Waals surface area contributed by atoms with Crippen molar-refractivity contribution in [3.63, 3.8) is 0 Å². The molecule has 1 aliphatic rings. The van der Waals surface area contributed by atoms with Gasteiger partial charge in [-0.25, -0.2) is 14.4 Å². The van der Waals surface area contributed by atoms with E-state index < -0.39 is 23.6 Å². The third-order valence-corrected chi connectivity index (χ3v) is 5.57. The number of amides is 2. The predicted octanol–water partition coefficient (Wildman–Crippen LogP) is 1.82. The fraction of sp³-hybridized carbons (Fsp3) is 0.304. The van der Waals surface area contributed by atoms with Crippen molar-refractivity contribution in [2.75, 3.05) is 34.4 Å². The van der Waals surface area contributed by atoms with Gasteiger partial charge in [-0.2, -0.15) is 0 Å². The van der Waals surface area contributed by atoms with Crippen LogP contribution in [0.25, 0.3) is 0 Å². The number of nitrogens with zero attached hydrogens (tertiary/aromatic N) is 1. The summed E-state index contributed by atoms with van der Waals surface area (Å²) < 4.78 is 14.9. The average Bonchev–Trinajstić information content (AvgIpc) is 2.84. The quantitative estimate of drug-likeness (QED) is 0.603. The van der Waals surface area contributed by atoms with Crippen molar-refractivity contribution in [2.45, 2.75) is 12.0 Å². The molecule has 0 fully saturated rings. The molecule has 2 aromatic rings. The molecule has 0 bridgehead atoms. The van der Waals surface area contributed by atoms with Gasteiger partial charge in [0.15, 0.2) is 5.54 Å². The van der Waals surface area contributed by atoms with Crippen LogP contribution in [0.1, 0.15) is 31.8 Å². The van der Waals surface area contributed by atoms with E-state index in [0.717, 1.165) is 19.8 Å². The second kappa shape index (κ2) is 9.60. The molecule has 2 N–H and O–H groups in total. The lowest BCUT2D eigenvalue weighted by atomic mass is 9.87. The van der Waals surface area contributed by atoms with Crippen molar-refractivity contribution in [1.29, 1.82) is 0 Å². The van der Waals surface area contributed by atoms with Crippen LogP contribution in [-0.2, 0) is 26.2 Å². The van der Waals surface area contributed by atoms with Crippen molar-refractivity contribution < 1.29 is 38.5 Å². The molecular weight excluding hydrogens is 432 g/mol. The predicted molar refractivity (Wildman–Crippen MR) is 115 cm³/mol.